The molecule has 0 amide bonds. The van der Waals surface area contributed by atoms with Gasteiger partial charge in [0.15, 0.2) is 5.82 Å². The molecule has 20 heavy (non-hydrogen) atoms. The lowest BCUT2D eigenvalue weighted by atomic mass is 10.0. The van der Waals surface area contributed by atoms with E-state index in [-0.39, 0.29) is 11.2 Å². The van der Waals surface area contributed by atoms with Crippen LogP contribution in [0.15, 0.2) is 23.4 Å². The van der Waals surface area contributed by atoms with Crippen molar-refractivity contribution in [2.45, 2.75) is 38.9 Å². The number of aromatic nitrogens is 3. The fraction of sp³-hybridized carbons (Fsp3) is 0.385. The van der Waals surface area contributed by atoms with Gasteiger partial charge in [0, 0.05) is 11.6 Å². The molecule has 7 heteroatoms. The molecule has 0 aliphatic heterocycles. The average Bonchev–Trinajstić information content (AvgIpc) is 2.77. The summed E-state index contributed by atoms with van der Waals surface area (Å²) in [6.07, 6.45) is 0. The fourth-order valence-corrected chi connectivity index (χ4v) is 2.84. The van der Waals surface area contributed by atoms with Gasteiger partial charge in [0.2, 0.25) is 0 Å². The van der Waals surface area contributed by atoms with Gasteiger partial charge in [0.1, 0.15) is 0 Å². The molecule has 2 N–H and O–H groups in total. The standard InChI is InChI=1S/C13H18N4O2S/c1-8(2)17-12(15-16-13(17)20(14,18)19)11-7-5-6-9(3)10(11)4/h5-8H,1-4H3,(H2,14,18,19). The predicted octanol–water partition coefficient (Wildman–Crippen LogP) is 1.79. The van der Waals surface area contributed by atoms with Crippen LogP contribution in [0.4, 0.5) is 0 Å². The number of sulfonamides is 1. The summed E-state index contributed by atoms with van der Waals surface area (Å²) in [5.74, 6) is 0.519. The molecule has 1 aromatic carbocycles. The van der Waals surface area contributed by atoms with Crippen molar-refractivity contribution in [2.75, 3.05) is 0 Å². The summed E-state index contributed by atoms with van der Waals surface area (Å²) >= 11 is 0. The molecule has 2 rings (SSSR count). The summed E-state index contributed by atoms with van der Waals surface area (Å²) in [5, 5.41) is 12.8. The summed E-state index contributed by atoms with van der Waals surface area (Å²) < 4.78 is 24.8. The Morgan fingerprint density at radius 1 is 1.20 bits per heavy atom. The van der Waals surface area contributed by atoms with Crippen LogP contribution in [-0.4, -0.2) is 23.2 Å². The van der Waals surface area contributed by atoms with Crippen molar-refractivity contribution in [3.63, 3.8) is 0 Å². The van der Waals surface area contributed by atoms with Gasteiger partial charge >= 0.3 is 0 Å². The fourth-order valence-electron chi connectivity index (χ4n) is 2.11. The van der Waals surface area contributed by atoms with E-state index in [4.69, 9.17) is 5.14 Å². The molecule has 108 valence electrons. The topological polar surface area (TPSA) is 90.9 Å². The summed E-state index contributed by atoms with van der Waals surface area (Å²) in [7, 11) is -3.90. The molecule has 0 radical (unpaired) electrons. The van der Waals surface area contributed by atoms with E-state index < -0.39 is 10.0 Å². The smallest absolute Gasteiger partial charge is 0.273 e. The normalized spacial score (nSPS) is 12.1. The number of rotatable bonds is 3. The van der Waals surface area contributed by atoms with Crippen molar-refractivity contribution in [3.05, 3.63) is 29.3 Å². The Morgan fingerprint density at radius 2 is 1.85 bits per heavy atom. The van der Waals surface area contributed by atoms with E-state index in [1.54, 1.807) is 4.57 Å². The molecule has 6 nitrogen and oxygen atoms in total. The lowest BCUT2D eigenvalue weighted by molar-refractivity contribution is 0.524. The quantitative estimate of drug-likeness (QED) is 0.934. The number of benzene rings is 1. The van der Waals surface area contributed by atoms with Gasteiger partial charge in [-0.25, -0.2) is 13.6 Å². The van der Waals surface area contributed by atoms with Crippen LogP contribution in [0.2, 0.25) is 0 Å². The molecular formula is C13H18N4O2S. The Hall–Kier alpha value is -1.73. The third-order valence-corrected chi connectivity index (χ3v) is 4.07. The molecule has 0 aliphatic rings. The van der Waals surface area contributed by atoms with Crippen LogP contribution in [0.25, 0.3) is 11.4 Å². The van der Waals surface area contributed by atoms with E-state index in [1.165, 1.54) is 0 Å². The van der Waals surface area contributed by atoms with Gasteiger partial charge in [0.25, 0.3) is 15.2 Å². The maximum Gasteiger partial charge on any atom is 0.273 e. The minimum atomic E-state index is -3.90. The number of primary sulfonamides is 1. The van der Waals surface area contributed by atoms with E-state index >= 15 is 0 Å². The zero-order chi connectivity index (χ0) is 15.1. The van der Waals surface area contributed by atoms with Crippen molar-refractivity contribution >= 4 is 10.0 Å². The Balaban J connectivity index is 2.76. The van der Waals surface area contributed by atoms with E-state index in [0.29, 0.717) is 5.82 Å². The van der Waals surface area contributed by atoms with Crippen molar-refractivity contribution in [2.24, 2.45) is 5.14 Å². The molecule has 0 aliphatic carbocycles. The number of nitrogens with zero attached hydrogens (tertiary/aromatic N) is 3. The predicted molar refractivity (Wildman–Crippen MR) is 76.7 cm³/mol. The first-order valence-electron chi connectivity index (χ1n) is 6.27. The largest absolute Gasteiger partial charge is 0.294 e. The van der Waals surface area contributed by atoms with Gasteiger partial charge in [-0.1, -0.05) is 18.2 Å². The van der Waals surface area contributed by atoms with E-state index in [1.807, 2.05) is 45.9 Å². The van der Waals surface area contributed by atoms with Crippen LogP contribution in [0, 0.1) is 13.8 Å². The van der Waals surface area contributed by atoms with Gasteiger partial charge in [-0.2, -0.15) is 0 Å². The van der Waals surface area contributed by atoms with Gasteiger partial charge in [-0.15, -0.1) is 10.2 Å². The maximum absolute atomic E-state index is 11.6. The van der Waals surface area contributed by atoms with Crippen LogP contribution in [0.5, 0.6) is 0 Å². The molecular weight excluding hydrogens is 276 g/mol. The van der Waals surface area contributed by atoms with Crippen molar-refractivity contribution in [3.8, 4) is 11.4 Å². The number of hydrogen-bond acceptors (Lipinski definition) is 4. The molecule has 2 aromatic rings. The number of aryl methyl sites for hydroxylation is 1. The molecule has 0 bridgehead atoms. The molecule has 1 heterocycles. The highest BCUT2D eigenvalue weighted by molar-refractivity contribution is 7.89. The zero-order valence-electron chi connectivity index (χ0n) is 12.0. The van der Waals surface area contributed by atoms with Crippen LogP contribution in [-0.2, 0) is 10.0 Å². The van der Waals surface area contributed by atoms with Gasteiger partial charge in [-0.3, -0.25) is 4.57 Å². The maximum atomic E-state index is 11.6. The second-order valence-electron chi connectivity index (χ2n) is 5.06. The Labute approximate surface area is 118 Å². The second kappa shape index (κ2) is 4.99. The zero-order valence-corrected chi connectivity index (χ0v) is 12.8. The SMILES string of the molecule is Cc1cccc(-c2nnc(S(N)(=O)=O)n2C(C)C)c1C. The minimum Gasteiger partial charge on any atom is -0.294 e. The van der Waals surface area contributed by atoms with Crippen LogP contribution in [0.3, 0.4) is 0 Å². The molecule has 0 saturated carbocycles. The van der Waals surface area contributed by atoms with E-state index in [0.717, 1.165) is 16.7 Å². The Bertz CT molecular complexity index is 748. The number of hydrogen-bond donors (Lipinski definition) is 1. The summed E-state index contributed by atoms with van der Waals surface area (Å²) in [6.45, 7) is 7.70. The molecule has 0 fully saturated rings. The van der Waals surface area contributed by atoms with Crippen molar-refractivity contribution < 1.29 is 8.42 Å². The van der Waals surface area contributed by atoms with Crippen molar-refractivity contribution in [1.82, 2.24) is 14.8 Å². The summed E-state index contributed by atoms with van der Waals surface area (Å²) in [4.78, 5) is 0. The molecule has 1 aromatic heterocycles. The Kier molecular flexibility index (Phi) is 3.66. The first kappa shape index (κ1) is 14.7. The van der Waals surface area contributed by atoms with Gasteiger partial charge < -0.3 is 0 Å². The number of nitrogens with two attached hydrogens (primary N) is 1. The highest BCUT2D eigenvalue weighted by Crippen LogP contribution is 2.28. The van der Waals surface area contributed by atoms with Gasteiger partial charge in [0.05, 0.1) is 0 Å². The summed E-state index contributed by atoms with van der Waals surface area (Å²) in [5.41, 5.74) is 3.02. The van der Waals surface area contributed by atoms with Gasteiger partial charge in [-0.05, 0) is 38.8 Å². The lowest BCUT2D eigenvalue weighted by Crippen LogP contribution is -2.20. The van der Waals surface area contributed by atoms with Crippen LogP contribution in [0.1, 0.15) is 31.0 Å². The molecule has 0 saturated heterocycles. The van der Waals surface area contributed by atoms with Crippen LogP contribution >= 0.6 is 0 Å². The first-order valence-corrected chi connectivity index (χ1v) is 7.82. The molecule has 0 unspecified atom stereocenters. The van der Waals surface area contributed by atoms with E-state index in [2.05, 4.69) is 10.2 Å². The summed E-state index contributed by atoms with van der Waals surface area (Å²) in [6, 6.07) is 5.69. The third-order valence-electron chi connectivity index (χ3n) is 3.28. The van der Waals surface area contributed by atoms with Crippen LogP contribution < -0.4 is 5.14 Å². The third kappa shape index (κ3) is 2.46. The Morgan fingerprint density at radius 3 is 2.40 bits per heavy atom. The lowest BCUT2D eigenvalue weighted by Gasteiger charge is -2.14. The highest BCUT2D eigenvalue weighted by atomic mass is 32.2. The molecule has 0 atom stereocenters. The van der Waals surface area contributed by atoms with Crippen molar-refractivity contribution in [1.29, 1.82) is 0 Å². The second-order valence-corrected chi connectivity index (χ2v) is 6.52. The van der Waals surface area contributed by atoms with E-state index in [9.17, 15) is 8.42 Å². The first-order chi connectivity index (χ1) is 9.23. The average molecular weight is 294 g/mol. The highest BCUT2D eigenvalue weighted by Gasteiger charge is 2.24. The monoisotopic (exact) mass is 294 g/mol. The molecule has 0 spiro atoms. The minimum absolute atomic E-state index is 0.117.